The number of carbonyl (C=O) groups is 4. The van der Waals surface area contributed by atoms with Gasteiger partial charge in [-0.05, 0) is 33.1 Å². The van der Waals surface area contributed by atoms with Gasteiger partial charge in [-0.3, -0.25) is 19.2 Å². The molecule has 2 heterocycles. The van der Waals surface area contributed by atoms with Crippen molar-refractivity contribution in [3.8, 4) is 0 Å². The van der Waals surface area contributed by atoms with Gasteiger partial charge in [-0.25, -0.2) is 0 Å². The van der Waals surface area contributed by atoms with Gasteiger partial charge in [0.15, 0.2) is 5.78 Å². The molecule has 3 N–H and O–H groups in total. The molecular weight excluding hydrogens is 492 g/mol. The second kappa shape index (κ2) is 14.4. The topological polar surface area (TPSA) is 152 Å². The molecule has 0 bridgehead atoms. The van der Waals surface area contributed by atoms with Crippen molar-refractivity contribution in [2.45, 2.75) is 58.7 Å². The fourth-order valence-corrected chi connectivity index (χ4v) is 3.44. The van der Waals surface area contributed by atoms with Gasteiger partial charge in [0.05, 0.1) is 31.5 Å². The van der Waals surface area contributed by atoms with E-state index in [1.54, 1.807) is 13.8 Å². The van der Waals surface area contributed by atoms with Crippen LogP contribution in [0.2, 0.25) is 0 Å². The molecule has 1 aliphatic heterocycles. The Balaban J connectivity index is 0.000000624. The quantitative estimate of drug-likeness (QED) is 0.351. The highest BCUT2D eigenvalue weighted by Crippen LogP contribution is 2.29. The van der Waals surface area contributed by atoms with E-state index >= 15 is 0 Å². The SMILES string of the molecule is COCC(NC(=O)c1cc(C)no1)C(=O)NCC(=O)N[C@@H](CC(C)C)C(=O)[C@@]1(C)CO1.Cc1ccccc1. The maximum Gasteiger partial charge on any atom is 0.290 e. The fraction of sp³-hybridized carbons (Fsp3) is 0.519. The van der Waals surface area contributed by atoms with E-state index in [1.807, 2.05) is 32.0 Å². The van der Waals surface area contributed by atoms with Crippen molar-refractivity contribution in [1.29, 1.82) is 0 Å². The van der Waals surface area contributed by atoms with Crippen molar-refractivity contribution in [3.05, 3.63) is 53.4 Å². The number of nitrogens with zero attached hydrogens (tertiary/aromatic N) is 1. The summed E-state index contributed by atoms with van der Waals surface area (Å²) in [5.41, 5.74) is 0.983. The number of carbonyl (C=O) groups excluding carboxylic acids is 4. The normalized spacial score (nSPS) is 17.4. The predicted molar refractivity (Wildman–Crippen MR) is 139 cm³/mol. The number of methoxy groups -OCH3 is 1. The number of hydrogen-bond donors (Lipinski definition) is 3. The molecule has 1 aromatic heterocycles. The van der Waals surface area contributed by atoms with E-state index < -0.39 is 35.4 Å². The Labute approximate surface area is 223 Å². The standard InChI is InChI=1S/C20H30N4O7.C7H8/c1-11(2)6-13(17(26)20(4)10-30-20)22-16(25)8-21-18(27)14(9-29-5)23-19(28)15-7-12(3)24-31-15;1-7-5-3-2-4-6-7/h7,11,13-14H,6,8-10H2,1-5H3,(H,21,27)(H,22,25)(H,23,28);2-6H,1H3/t13-,14?,20+;/m0./s1. The zero-order valence-electron chi connectivity index (χ0n) is 22.8. The van der Waals surface area contributed by atoms with Gasteiger partial charge in [0, 0.05) is 13.2 Å². The van der Waals surface area contributed by atoms with Gasteiger partial charge in [0.1, 0.15) is 11.6 Å². The Kier molecular flexibility index (Phi) is 11.6. The third-order valence-corrected chi connectivity index (χ3v) is 5.63. The summed E-state index contributed by atoms with van der Waals surface area (Å²) >= 11 is 0. The summed E-state index contributed by atoms with van der Waals surface area (Å²) in [4.78, 5) is 49.6. The van der Waals surface area contributed by atoms with Crippen molar-refractivity contribution in [1.82, 2.24) is 21.1 Å². The molecule has 0 spiro atoms. The van der Waals surface area contributed by atoms with Crippen LogP contribution in [0.3, 0.4) is 0 Å². The highest BCUT2D eigenvalue weighted by atomic mass is 16.6. The molecule has 3 rings (SSSR count). The number of Topliss-reactive ketones (excluding diaryl/α,β-unsaturated/α-hetero) is 1. The monoisotopic (exact) mass is 530 g/mol. The number of rotatable bonds is 12. The lowest BCUT2D eigenvalue weighted by Crippen LogP contribution is -2.53. The summed E-state index contributed by atoms with van der Waals surface area (Å²) in [5, 5.41) is 11.2. The number of nitrogens with one attached hydrogen (secondary N) is 3. The van der Waals surface area contributed by atoms with Gasteiger partial charge in [-0.1, -0.05) is 54.9 Å². The first-order valence-corrected chi connectivity index (χ1v) is 12.4. The third kappa shape index (κ3) is 10.1. The van der Waals surface area contributed by atoms with E-state index in [9.17, 15) is 19.2 Å². The maximum atomic E-state index is 12.6. The van der Waals surface area contributed by atoms with E-state index in [-0.39, 0.29) is 30.6 Å². The number of ketones is 1. The number of aromatic nitrogens is 1. The fourth-order valence-electron chi connectivity index (χ4n) is 3.44. The minimum atomic E-state index is -1.05. The van der Waals surface area contributed by atoms with Gasteiger partial charge in [0.2, 0.25) is 17.6 Å². The van der Waals surface area contributed by atoms with Gasteiger partial charge in [-0.2, -0.15) is 0 Å². The van der Waals surface area contributed by atoms with Crippen LogP contribution in [0.5, 0.6) is 0 Å². The molecule has 3 amide bonds. The predicted octanol–water partition coefficient (Wildman–Crippen LogP) is 1.73. The summed E-state index contributed by atoms with van der Waals surface area (Å²) in [6, 6.07) is 9.93. The van der Waals surface area contributed by atoms with Crippen LogP contribution in [-0.2, 0) is 23.9 Å². The van der Waals surface area contributed by atoms with E-state index in [0.717, 1.165) is 0 Å². The molecule has 1 unspecified atom stereocenters. The number of amides is 3. The van der Waals surface area contributed by atoms with Crippen LogP contribution in [0.15, 0.2) is 40.9 Å². The minimum Gasteiger partial charge on any atom is -0.382 e. The first-order chi connectivity index (χ1) is 17.9. The second-order valence-electron chi connectivity index (χ2n) is 9.82. The van der Waals surface area contributed by atoms with Crippen molar-refractivity contribution < 1.29 is 33.2 Å². The molecule has 0 saturated carbocycles. The molecule has 1 aliphatic rings. The summed E-state index contributed by atoms with van der Waals surface area (Å²) in [7, 11) is 1.38. The summed E-state index contributed by atoms with van der Waals surface area (Å²) in [6.07, 6.45) is 0.455. The van der Waals surface area contributed by atoms with Gasteiger partial charge in [0.25, 0.3) is 5.91 Å². The third-order valence-electron chi connectivity index (χ3n) is 5.63. The van der Waals surface area contributed by atoms with E-state index in [1.165, 1.54) is 18.7 Å². The molecule has 11 nitrogen and oxygen atoms in total. The van der Waals surface area contributed by atoms with Crippen molar-refractivity contribution in [2.75, 3.05) is 26.9 Å². The Bertz CT molecular complexity index is 1080. The van der Waals surface area contributed by atoms with E-state index in [2.05, 4.69) is 40.2 Å². The van der Waals surface area contributed by atoms with Crippen LogP contribution in [0.1, 0.15) is 49.0 Å². The largest absolute Gasteiger partial charge is 0.382 e. The van der Waals surface area contributed by atoms with Gasteiger partial charge in [-0.15, -0.1) is 0 Å². The van der Waals surface area contributed by atoms with Crippen molar-refractivity contribution in [2.24, 2.45) is 5.92 Å². The average Bonchev–Trinajstić information content (AvgIpc) is 3.47. The van der Waals surface area contributed by atoms with Gasteiger partial charge < -0.3 is 29.9 Å². The molecule has 0 aliphatic carbocycles. The van der Waals surface area contributed by atoms with Gasteiger partial charge >= 0.3 is 0 Å². The van der Waals surface area contributed by atoms with E-state index in [4.69, 9.17) is 14.0 Å². The molecule has 1 fully saturated rings. The molecule has 38 heavy (non-hydrogen) atoms. The van der Waals surface area contributed by atoms with Crippen molar-refractivity contribution in [3.63, 3.8) is 0 Å². The zero-order chi connectivity index (χ0) is 28.3. The second-order valence-corrected chi connectivity index (χ2v) is 9.82. The van der Waals surface area contributed by atoms with Crippen molar-refractivity contribution >= 4 is 23.5 Å². The highest BCUT2D eigenvalue weighted by molar-refractivity contribution is 5.98. The lowest BCUT2D eigenvalue weighted by atomic mass is 9.93. The molecule has 11 heteroatoms. The molecule has 1 saturated heterocycles. The molecule has 0 radical (unpaired) electrons. The molecule has 208 valence electrons. The lowest BCUT2D eigenvalue weighted by Gasteiger charge is -2.22. The lowest BCUT2D eigenvalue weighted by molar-refractivity contribution is -0.131. The number of ether oxygens (including phenoxy) is 2. The Morgan fingerprint density at radius 2 is 1.74 bits per heavy atom. The van der Waals surface area contributed by atoms with Crippen LogP contribution >= 0.6 is 0 Å². The van der Waals surface area contributed by atoms with Crippen LogP contribution in [0.25, 0.3) is 0 Å². The number of hydrogen-bond acceptors (Lipinski definition) is 8. The number of epoxide rings is 1. The molecule has 1 aromatic carbocycles. The molecule has 2 aromatic rings. The smallest absolute Gasteiger partial charge is 0.290 e. The average molecular weight is 531 g/mol. The number of benzene rings is 1. The van der Waals surface area contributed by atoms with Crippen LogP contribution in [0, 0.1) is 19.8 Å². The van der Waals surface area contributed by atoms with Crippen LogP contribution in [-0.4, -0.2) is 73.2 Å². The molecular formula is C27H38N4O7. The first-order valence-electron chi connectivity index (χ1n) is 12.4. The minimum absolute atomic E-state index is 0.0463. The first kappa shape index (κ1) is 30.7. The summed E-state index contributed by atoms with van der Waals surface area (Å²) in [6.45, 7) is 9.16. The zero-order valence-corrected chi connectivity index (χ0v) is 22.8. The summed E-state index contributed by atoms with van der Waals surface area (Å²) in [5.74, 6) is -1.84. The Morgan fingerprint density at radius 1 is 1.08 bits per heavy atom. The van der Waals surface area contributed by atoms with Crippen LogP contribution < -0.4 is 16.0 Å². The Hall–Kier alpha value is -3.57. The molecule has 3 atom stereocenters. The maximum absolute atomic E-state index is 12.6. The highest BCUT2D eigenvalue weighted by Gasteiger charge is 2.50. The summed E-state index contributed by atoms with van der Waals surface area (Å²) < 4.78 is 15.0. The Morgan fingerprint density at radius 3 is 2.21 bits per heavy atom. The van der Waals surface area contributed by atoms with E-state index in [0.29, 0.717) is 18.7 Å². The number of aryl methyl sites for hydroxylation is 2. The van der Waals surface area contributed by atoms with Crippen LogP contribution in [0.4, 0.5) is 0 Å².